The minimum absolute atomic E-state index is 0.726. The smallest absolute Gasteiger partial charge is 0.0241 e. The van der Waals surface area contributed by atoms with Crippen LogP contribution in [0.5, 0.6) is 0 Å². The van der Waals surface area contributed by atoms with E-state index in [1.54, 1.807) is 0 Å². The van der Waals surface area contributed by atoms with Crippen LogP contribution in [0.3, 0.4) is 0 Å². The molecule has 2 unspecified atom stereocenters. The molecule has 0 aromatic rings. The Balaban J connectivity index is 2.02. The quantitative estimate of drug-likeness (QED) is 0.789. The van der Waals surface area contributed by atoms with Gasteiger partial charge in [0.2, 0.25) is 0 Å². The lowest BCUT2D eigenvalue weighted by molar-refractivity contribution is 0.000333. The van der Waals surface area contributed by atoms with E-state index in [9.17, 15) is 0 Å². The molecule has 0 bridgehead atoms. The summed E-state index contributed by atoms with van der Waals surface area (Å²) in [6.07, 6.45) is 9.97. The van der Waals surface area contributed by atoms with Crippen LogP contribution >= 0.6 is 0 Å². The molecule has 2 fully saturated rings. The highest BCUT2D eigenvalue weighted by atomic mass is 15.3. The standard InChI is InChI=1S/C16H33N3/c1-14-12-18(3)13-16(10-11-17-2)19(14)15-8-6-4-5-7-9-15/h14-17H,4-13H2,1-3H3. The molecule has 1 aliphatic carbocycles. The van der Waals surface area contributed by atoms with E-state index in [0.29, 0.717) is 0 Å². The molecular weight excluding hydrogens is 234 g/mol. The largest absolute Gasteiger partial charge is 0.320 e. The topological polar surface area (TPSA) is 18.5 Å². The van der Waals surface area contributed by atoms with Crippen LogP contribution in [0.15, 0.2) is 0 Å². The second-order valence-corrected chi connectivity index (χ2v) is 6.71. The first kappa shape index (κ1) is 15.3. The lowest BCUT2D eigenvalue weighted by atomic mass is 9.97. The zero-order valence-electron chi connectivity index (χ0n) is 13.2. The van der Waals surface area contributed by atoms with Crippen molar-refractivity contribution < 1.29 is 0 Å². The Kier molecular flexibility index (Phi) is 6.11. The van der Waals surface area contributed by atoms with E-state index < -0.39 is 0 Å². The Hall–Kier alpha value is -0.120. The zero-order valence-corrected chi connectivity index (χ0v) is 13.2. The van der Waals surface area contributed by atoms with Crippen LogP contribution < -0.4 is 5.32 Å². The van der Waals surface area contributed by atoms with Crippen LogP contribution in [0.4, 0.5) is 0 Å². The zero-order chi connectivity index (χ0) is 13.7. The monoisotopic (exact) mass is 267 g/mol. The molecule has 0 spiro atoms. The van der Waals surface area contributed by atoms with Crippen LogP contribution in [0.25, 0.3) is 0 Å². The molecular formula is C16H33N3. The predicted molar refractivity (Wildman–Crippen MR) is 82.6 cm³/mol. The van der Waals surface area contributed by atoms with Gasteiger partial charge in [-0.3, -0.25) is 4.90 Å². The molecule has 112 valence electrons. The Labute approximate surface area is 119 Å². The maximum absolute atomic E-state index is 3.34. The molecule has 1 saturated heterocycles. The fraction of sp³-hybridized carbons (Fsp3) is 1.00. The van der Waals surface area contributed by atoms with Gasteiger partial charge < -0.3 is 10.2 Å². The molecule has 2 atom stereocenters. The first-order chi connectivity index (χ1) is 9.22. The molecule has 2 aliphatic rings. The molecule has 3 nitrogen and oxygen atoms in total. The van der Waals surface area contributed by atoms with Gasteiger partial charge in [0.05, 0.1) is 0 Å². The molecule has 3 heteroatoms. The number of hydrogen-bond donors (Lipinski definition) is 1. The van der Waals surface area contributed by atoms with Crippen LogP contribution in [-0.4, -0.2) is 61.7 Å². The Morgan fingerprint density at radius 1 is 1.05 bits per heavy atom. The van der Waals surface area contributed by atoms with Gasteiger partial charge in [-0.1, -0.05) is 25.7 Å². The van der Waals surface area contributed by atoms with E-state index >= 15 is 0 Å². The Morgan fingerprint density at radius 2 is 1.74 bits per heavy atom. The third-order valence-electron chi connectivity index (χ3n) is 5.00. The number of nitrogens with one attached hydrogen (secondary N) is 1. The molecule has 0 aromatic carbocycles. The molecule has 0 amide bonds. The second-order valence-electron chi connectivity index (χ2n) is 6.71. The first-order valence-electron chi connectivity index (χ1n) is 8.33. The van der Waals surface area contributed by atoms with Gasteiger partial charge in [-0.05, 0) is 46.8 Å². The van der Waals surface area contributed by atoms with Crippen LogP contribution in [0.2, 0.25) is 0 Å². The van der Waals surface area contributed by atoms with Crippen LogP contribution in [0, 0.1) is 0 Å². The van der Waals surface area contributed by atoms with Gasteiger partial charge in [0.25, 0.3) is 0 Å². The van der Waals surface area contributed by atoms with Gasteiger partial charge in [0.1, 0.15) is 0 Å². The fourth-order valence-electron chi connectivity index (χ4n) is 4.20. The molecule has 1 saturated carbocycles. The van der Waals surface area contributed by atoms with Crippen molar-refractivity contribution in [3.8, 4) is 0 Å². The summed E-state index contributed by atoms with van der Waals surface area (Å²) in [6, 6.07) is 2.33. The van der Waals surface area contributed by atoms with Gasteiger partial charge in [0, 0.05) is 31.2 Å². The van der Waals surface area contributed by atoms with Gasteiger partial charge in [-0.25, -0.2) is 0 Å². The third-order valence-corrected chi connectivity index (χ3v) is 5.00. The molecule has 1 heterocycles. The maximum atomic E-state index is 3.34. The van der Waals surface area contributed by atoms with E-state index in [1.165, 1.54) is 58.0 Å². The number of likely N-dealkylation sites (N-methyl/N-ethyl adjacent to an activating group) is 1. The minimum atomic E-state index is 0.726. The van der Waals surface area contributed by atoms with E-state index in [-0.39, 0.29) is 0 Å². The summed E-state index contributed by atoms with van der Waals surface area (Å²) in [6.45, 7) is 6.08. The van der Waals surface area contributed by atoms with Gasteiger partial charge in [-0.15, -0.1) is 0 Å². The normalized spacial score (nSPS) is 32.4. The number of piperazine rings is 1. The van der Waals surface area contributed by atoms with Crippen molar-refractivity contribution in [3.63, 3.8) is 0 Å². The summed E-state index contributed by atoms with van der Waals surface area (Å²) < 4.78 is 0. The van der Waals surface area contributed by atoms with E-state index in [4.69, 9.17) is 0 Å². The summed E-state index contributed by atoms with van der Waals surface area (Å²) in [5.41, 5.74) is 0. The third kappa shape index (κ3) is 4.17. The summed E-state index contributed by atoms with van der Waals surface area (Å²) in [7, 11) is 4.36. The van der Waals surface area contributed by atoms with Crippen molar-refractivity contribution in [2.45, 2.75) is 70.0 Å². The van der Waals surface area contributed by atoms with Gasteiger partial charge >= 0.3 is 0 Å². The molecule has 2 rings (SSSR count). The van der Waals surface area contributed by atoms with Crippen molar-refractivity contribution in [2.24, 2.45) is 0 Å². The highest BCUT2D eigenvalue weighted by Crippen LogP contribution is 2.28. The van der Waals surface area contributed by atoms with E-state index in [0.717, 1.165) is 24.7 Å². The summed E-state index contributed by atoms with van der Waals surface area (Å²) in [5.74, 6) is 0. The average molecular weight is 267 g/mol. The average Bonchev–Trinajstić information content (AvgIpc) is 2.64. The highest BCUT2D eigenvalue weighted by Gasteiger charge is 2.34. The highest BCUT2D eigenvalue weighted by molar-refractivity contribution is 4.91. The second kappa shape index (κ2) is 7.61. The summed E-state index contributed by atoms with van der Waals surface area (Å²) in [5, 5.41) is 3.34. The lowest BCUT2D eigenvalue weighted by Gasteiger charge is -2.48. The SMILES string of the molecule is CNCCC1CN(C)CC(C)N1C1CCCCCC1. The molecule has 19 heavy (non-hydrogen) atoms. The minimum Gasteiger partial charge on any atom is -0.320 e. The van der Waals surface area contributed by atoms with Crippen molar-refractivity contribution in [1.82, 2.24) is 15.1 Å². The molecule has 0 aromatic heterocycles. The molecule has 0 radical (unpaired) electrons. The summed E-state index contributed by atoms with van der Waals surface area (Å²) >= 11 is 0. The van der Waals surface area contributed by atoms with Crippen molar-refractivity contribution in [2.75, 3.05) is 33.7 Å². The van der Waals surface area contributed by atoms with Crippen LogP contribution in [-0.2, 0) is 0 Å². The lowest BCUT2D eigenvalue weighted by Crippen LogP contribution is -2.60. The number of hydrogen-bond acceptors (Lipinski definition) is 3. The molecule has 1 N–H and O–H groups in total. The van der Waals surface area contributed by atoms with Crippen LogP contribution in [0.1, 0.15) is 51.9 Å². The summed E-state index contributed by atoms with van der Waals surface area (Å²) in [4.78, 5) is 5.42. The predicted octanol–water partition coefficient (Wildman–Crippen LogP) is 2.32. The van der Waals surface area contributed by atoms with Crippen molar-refractivity contribution in [1.29, 1.82) is 0 Å². The van der Waals surface area contributed by atoms with Crippen molar-refractivity contribution >= 4 is 0 Å². The number of nitrogens with zero attached hydrogens (tertiary/aromatic N) is 2. The van der Waals surface area contributed by atoms with Gasteiger partial charge in [0.15, 0.2) is 0 Å². The first-order valence-corrected chi connectivity index (χ1v) is 8.33. The van der Waals surface area contributed by atoms with E-state index in [2.05, 4.69) is 36.1 Å². The van der Waals surface area contributed by atoms with Gasteiger partial charge in [-0.2, -0.15) is 0 Å². The Bertz CT molecular complexity index is 248. The molecule has 1 aliphatic heterocycles. The fourth-order valence-corrected chi connectivity index (χ4v) is 4.20. The van der Waals surface area contributed by atoms with Crippen molar-refractivity contribution in [3.05, 3.63) is 0 Å². The maximum Gasteiger partial charge on any atom is 0.0241 e. The Morgan fingerprint density at radius 3 is 2.37 bits per heavy atom. The number of rotatable bonds is 4. The van der Waals surface area contributed by atoms with E-state index in [1.807, 2.05) is 0 Å².